The molecule has 50 heavy (non-hydrogen) atoms. The van der Waals surface area contributed by atoms with Gasteiger partial charge in [-0.05, 0) is 117 Å². The van der Waals surface area contributed by atoms with Crippen molar-refractivity contribution in [3.63, 3.8) is 0 Å². The molecule has 2 aliphatic heterocycles. The zero-order valence-electron chi connectivity index (χ0n) is 28.3. The minimum absolute atomic E-state index is 0.354. The number of carbonyl (C=O) groups is 4. The van der Waals surface area contributed by atoms with Gasteiger partial charge in [-0.2, -0.15) is 0 Å². The van der Waals surface area contributed by atoms with E-state index in [1.165, 1.54) is 9.80 Å². The summed E-state index contributed by atoms with van der Waals surface area (Å²) in [4.78, 5) is 58.9. The van der Waals surface area contributed by atoms with Gasteiger partial charge in [-0.1, -0.05) is 76.2 Å². The number of nitrogens with zero attached hydrogens (tertiary/aromatic N) is 2. The molecule has 0 saturated carbocycles. The molecular formula is C44H34N2O4. The maximum absolute atomic E-state index is 14.1. The number of hydrogen-bond donors (Lipinski definition) is 0. The SMILES string of the molecule is CC(C)Cc1ccc(N2C(=O)c3ccc4c5ccc6c7c(ccc(c8ccc(c3c48)C2=O)c75)C(=O)N(c2ccc(CC(C)C)cc2)C6=O)cc1. The highest BCUT2D eigenvalue weighted by Gasteiger charge is 2.38. The normalized spacial score (nSPS) is 14.6. The van der Waals surface area contributed by atoms with Crippen LogP contribution in [0.3, 0.4) is 0 Å². The Morgan fingerprint density at radius 2 is 0.660 bits per heavy atom. The van der Waals surface area contributed by atoms with Crippen LogP contribution >= 0.6 is 0 Å². The van der Waals surface area contributed by atoms with Gasteiger partial charge in [-0.15, -0.1) is 0 Å². The molecule has 0 fully saturated rings. The topological polar surface area (TPSA) is 74.8 Å². The Morgan fingerprint density at radius 3 is 0.920 bits per heavy atom. The molecule has 2 heterocycles. The molecular weight excluding hydrogens is 620 g/mol. The second-order valence-corrected chi connectivity index (χ2v) is 14.6. The molecule has 0 saturated heterocycles. The van der Waals surface area contributed by atoms with Crippen molar-refractivity contribution in [3.8, 4) is 0 Å². The summed E-state index contributed by atoms with van der Waals surface area (Å²) in [6, 6.07) is 30.3. The molecule has 0 radical (unpaired) electrons. The molecule has 0 atom stereocenters. The third kappa shape index (κ3) is 4.21. The monoisotopic (exact) mass is 654 g/mol. The van der Waals surface area contributed by atoms with Crippen LogP contribution in [0.1, 0.15) is 80.3 Å². The third-order valence-corrected chi connectivity index (χ3v) is 10.3. The lowest BCUT2D eigenvalue weighted by atomic mass is 9.82. The van der Waals surface area contributed by atoms with Crippen molar-refractivity contribution < 1.29 is 19.2 Å². The van der Waals surface area contributed by atoms with Gasteiger partial charge < -0.3 is 0 Å². The largest absolute Gasteiger partial charge is 0.268 e. The molecule has 7 aromatic carbocycles. The Labute approximate surface area is 289 Å². The van der Waals surface area contributed by atoms with E-state index in [0.717, 1.165) is 56.3 Å². The molecule has 6 heteroatoms. The molecule has 6 nitrogen and oxygen atoms in total. The molecule has 2 aliphatic rings. The van der Waals surface area contributed by atoms with Crippen molar-refractivity contribution in [2.24, 2.45) is 11.8 Å². The summed E-state index contributed by atoms with van der Waals surface area (Å²) in [5.41, 5.74) is 5.30. The number of fused-ring (bicyclic) bond motifs is 2. The molecule has 0 N–H and O–H groups in total. The van der Waals surface area contributed by atoms with Crippen LogP contribution in [0, 0.1) is 11.8 Å². The van der Waals surface area contributed by atoms with Crippen molar-refractivity contribution in [2.45, 2.75) is 40.5 Å². The Kier molecular flexibility index (Phi) is 6.53. The number of benzene rings is 7. The van der Waals surface area contributed by atoms with E-state index in [4.69, 9.17) is 0 Å². The van der Waals surface area contributed by atoms with Crippen LogP contribution in [0.5, 0.6) is 0 Å². The summed E-state index contributed by atoms with van der Waals surface area (Å²) >= 11 is 0. The van der Waals surface area contributed by atoms with E-state index in [1.807, 2.05) is 72.8 Å². The third-order valence-electron chi connectivity index (χ3n) is 10.3. The Hall–Kier alpha value is -5.88. The fourth-order valence-corrected chi connectivity index (χ4v) is 8.24. The summed E-state index contributed by atoms with van der Waals surface area (Å²) in [6.45, 7) is 8.64. The minimum Gasteiger partial charge on any atom is -0.268 e. The second kappa shape index (κ2) is 10.8. The van der Waals surface area contributed by atoms with Crippen molar-refractivity contribution in [3.05, 3.63) is 130 Å². The standard InChI is InChI=1S/C44H34N2O4/c1-23(2)21-25-5-9-27(10-6-25)45-41(47)33-17-13-29-31-15-19-35-40-36(44(50)46(43(35)49)28-11-7-26(8-12-28)22-24(3)4)20-16-32(38(31)40)30-14-18-34(42(45)48)39(33)37(29)30/h5-20,23-24H,21-22H2,1-4H3. The van der Waals surface area contributed by atoms with E-state index < -0.39 is 0 Å². The van der Waals surface area contributed by atoms with E-state index in [1.54, 1.807) is 24.3 Å². The molecule has 0 spiro atoms. The zero-order valence-corrected chi connectivity index (χ0v) is 28.3. The molecule has 0 aliphatic carbocycles. The van der Waals surface area contributed by atoms with Gasteiger partial charge >= 0.3 is 0 Å². The molecule has 4 amide bonds. The van der Waals surface area contributed by atoms with E-state index in [-0.39, 0.29) is 23.6 Å². The number of anilines is 2. The molecule has 7 aromatic rings. The van der Waals surface area contributed by atoms with Gasteiger partial charge in [0.1, 0.15) is 0 Å². The molecule has 244 valence electrons. The fraction of sp³-hybridized carbons (Fsp3) is 0.182. The average Bonchev–Trinajstić information content (AvgIpc) is 3.10. The summed E-state index contributed by atoms with van der Waals surface area (Å²) < 4.78 is 0. The summed E-state index contributed by atoms with van der Waals surface area (Å²) in [7, 11) is 0. The first kappa shape index (κ1) is 30.2. The van der Waals surface area contributed by atoms with Crippen LogP contribution in [-0.2, 0) is 12.8 Å². The number of rotatable bonds is 6. The van der Waals surface area contributed by atoms with Gasteiger partial charge in [0, 0.05) is 33.0 Å². The van der Waals surface area contributed by atoms with Crippen LogP contribution in [0.4, 0.5) is 11.4 Å². The van der Waals surface area contributed by atoms with Gasteiger partial charge in [0.05, 0.1) is 11.4 Å². The smallest absolute Gasteiger partial charge is 0.265 e. The van der Waals surface area contributed by atoms with Gasteiger partial charge in [-0.25, -0.2) is 9.80 Å². The van der Waals surface area contributed by atoms with Gasteiger partial charge in [0.15, 0.2) is 0 Å². The fourth-order valence-electron chi connectivity index (χ4n) is 8.24. The molecule has 0 aromatic heterocycles. The van der Waals surface area contributed by atoms with Crippen LogP contribution < -0.4 is 9.80 Å². The lowest BCUT2D eigenvalue weighted by Gasteiger charge is -2.30. The van der Waals surface area contributed by atoms with E-state index >= 15 is 0 Å². The number of carbonyl (C=O) groups excluding carboxylic acids is 4. The van der Waals surface area contributed by atoms with E-state index in [2.05, 4.69) is 27.7 Å². The van der Waals surface area contributed by atoms with Crippen LogP contribution in [0.15, 0.2) is 97.1 Å². The summed E-state index contributed by atoms with van der Waals surface area (Å²) in [5.74, 6) is -0.425. The van der Waals surface area contributed by atoms with Gasteiger partial charge in [0.2, 0.25) is 0 Å². The Bertz CT molecular complexity index is 2310. The van der Waals surface area contributed by atoms with Crippen LogP contribution in [0.2, 0.25) is 0 Å². The van der Waals surface area contributed by atoms with E-state index in [9.17, 15) is 19.2 Å². The predicted octanol–water partition coefficient (Wildman–Crippen LogP) is 9.74. The first-order valence-electron chi connectivity index (χ1n) is 17.3. The molecule has 0 bridgehead atoms. The first-order chi connectivity index (χ1) is 24.1. The number of hydrogen-bond acceptors (Lipinski definition) is 4. The summed E-state index contributed by atoms with van der Waals surface area (Å²) in [5, 5.41) is 6.42. The maximum atomic E-state index is 14.1. The number of imide groups is 2. The van der Waals surface area contributed by atoms with Gasteiger partial charge in [-0.3, -0.25) is 19.2 Å². The highest BCUT2D eigenvalue weighted by Crippen LogP contribution is 2.47. The molecule has 9 rings (SSSR count). The van der Waals surface area contributed by atoms with Crippen molar-refractivity contribution in [1.29, 1.82) is 0 Å². The van der Waals surface area contributed by atoms with Crippen molar-refractivity contribution >= 4 is 78.1 Å². The predicted molar refractivity (Wildman–Crippen MR) is 200 cm³/mol. The lowest BCUT2D eigenvalue weighted by Crippen LogP contribution is -2.40. The minimum atomic E-state index is -0.354. The van der Waals surface area contributed by atoms with Crippen LogP contribution in [-0.4, -0.2) is 23.6 Å². The van der Waals surface area contributed by atoms with Crippen molar-refractivity contribution in [2.75, 3.05) is 9.80 Å². The first-order valence-corrected chi connectivity index (χ1v) is 17.3. The van der Waals surface area contributed by atoms with E-state index in [0.29, 0.717) is 56.2 Å². The summed E-state index contributed by atoms with van der Waals surface area (Å²) in [6.07, 6.45) is 1.83. The lowest BCUT2D eigenvalue weighted by molar-refractivity contribution is 0.0877. The highest BCUT2D eigenvalue weighted by atomic mass is 16.2. The van der Waals surface area contributed by atoms with Gasteiger partial charge in [0.25, 0.3) is 23.6 Å². The molecule has 0 unspecified atom stereocenters. The maximum Gasteiger partial charge on any atom is 0.265 e. The Morgan fingerprint density at radius 1 is 0.380 bits per heavy atom. The highest BCUT2D eigenvalue weighted by molar-refractivity contribution is 6.45. The average molecular weight is 655 g/mol. The van der Waals surface area contributed by atoms with Crippen LogP contribution in [0.25, 0.3) is 43.1 Å². The number of amides is 4. The quantitative estimate of drug-likeness (QED) is 0.102. The second-order valence-electron chi connectivity index (χ2n) is 14.6. The van der Waals surface area contributed by atoms with Crippen molar-refractivity contribution in [1.82, 2.24) is 0 Å². The zero-order chi connectivity index (χ0) is 34.6. The Balaban J connectivity index is 1.20.